The van der Waals surface area contributed by atoms with E-state index in [1.807, 2.05) is 26.2 Å². The van der Waals surface area contributed by atoms with Crippen molar-refractivity contribution >= 4 is 34.2 Å². The molecular weight excluding hydrogens is 448 g/mol. The number of aromatic nitrogens is 4. The Hall–Kier alpha value is -2.41. The van der Waals surface area contributed by atoms with Gasteiger partial charge in [0.25, 0.3) is 0 Å². The maximum absolute atomic E-state index is 14.2. The average Bonchev–Trinajstić information content (AvgIpc) is 3.41. The number of rotatable bonds is 4. The minimum atomic E-state index is -0.473. The van der Waals surface area contributed by atoms with Crippen molar-refractivity contribution in [1.29, 1.82) is 0 Å². The van der Waals surface area contributed by atoms with Crippen molar-refractivity contribution in [2.45, 2.75) is 38.6 Å². The Morgan fingerprint density at radius 1 is 1.12 bits per heavy atom. The molecule has 166 valence electrons. The van der Waals surface area contributed by atoms with Gasteiger partial charge >= 0.3 is 0 Å². The molecule has 4 heterocycles. The maximum Gasteiger partial charge on any atom is 0.142 e. The number of nitrogens with zero attached hydrogens (tertiary/aromatic N) is 3. The smallest absolute Gasteiger partial charge is 0.142 e. The largest absolute Gasteiger partial charge is 0.343 e. The van der Waals surface area contributed by atoms with Gasteiger partial charge in [-0.3, -0.25) is 4.68 Å². The van der Waals surface area contributed by atoms with Gasteiger partial charge < -0.3 is 10.3 Å². The molecule has 0 bridgehead atoms. The van der Waals surface area contributed by atoms with Crippen LogP contribution in [-0.2, 0) is 0 Å². The molecule has 1 saturated heterocycles. The highest BCUT2D eigenvalue weighted by Crippen LogP contribution is 2.41. The number of hydrogen-bond acceptors (Lipinski definition) is 3. The van der Waals surface area contributed by atoms with Crippen LogP contribution in [0.5, 0.6) is 0 Å². The van der Waals surface area contributed by atoms with Crippen molar-refractivity contribution < 1.29 is 4.39 Å². The predicted octanol–water partition coefficient (Wildman–Crippen LogP) is 6.26. The van der Waals surface area contributed by atoms with Crippen LogP contribution in [0.3, 0.4) is 0 Å². The van der Waals surface area contributed by atoms with Gasteiger partial charge in [-0.2, -0.15) is 5.10 Å². The highest BCUT2D eigenvalue weighted by Gasteiger charge is 2.24. The second-order valence-electron chi connectivity index (χ2n) is 8.45. The molecule has 0 amide bonds. The van der Waals surface area contributed by atoms with E-state index < -0.39 is 5.82 Å². The quantitative estimate of drug-likeness (QED) is 0.345. The summed E-state index contributed by atoms with van der Waals surface area (Å²) in [7, 11) is 0. The molecule has 1 aromatic carbocycles. The normalized spacial score (nSPS) is 16.0. The van der Waals surface area contributed by atoms with Gasteiger partial charge in [0.15, 0.2) is 0 Å². The zero-order valence-corrected chi connectivity index (χ0v) is 19.4. The molecule has 0 radical (unpaired) electrons. The third-order valence-electron chi connectivity index (χ3n) is 6.45. The summed E-state index contributed by atoms with van der Waals surface area (Å²) in [5.74, 6) is -0.687. The fraction of sp³-hybridized carbons (Fsp3) is 0.333. The van der Waals surface area contributed by atoms with Crippen LogP contribution < -0.4 is 5.32 Å². The van der Waals surface area contributed by atoms with E-state index in [9.17, 15) is 4.39 Å². The second-order valence-corrected chi connectivity index (χ2v) is 9.24. The number of pyridine rings is 1. The molecule has 32 heavy (non-hydrogen) atoms. The number of nitrogens with one attached hydrogen (secondary N) is 2. The van der Waals surface area contributed by atoms with Gasteiger partial charge in [0.05, 0.1) is 17.3 Å². The summed E-state index contributed by atoms with van der Waals surface area (Å²) in [4.78, 5) is 8.00. The number of aryl methyl sites for hydroxylation is 1. The summed E-state index contributed by atoms with van der Waals surface area (Å²) < 4.78 is 16.3. The monoisotopic (exact) mass is 471 g/mol. The molecule has 1 aliphatic rings. The van der Waals surface area contributed by atoms with Crippen LogP contribution in [0.4, 0.5) is 4.39 Å². The molecule has 1 atom stereocenters. The van der Waals surface area contributed by atoms with Crippen LogP contribution in [0.15, 0.2) is 36.8 Å². The molecule has 0 spiro atoms. The second kappa shape index (κ2) is 8.50. The Labute approximate surface area is 195 Å². The maximum atomic E-state index is 14.2. The van der Waals surface area contributed by atoms with Gasteiger partial charge in [0, 0.05) is 45.5 Å². The molecule has 1 aliphatic heterocycles. The zero-order valence-electron chi connectivity index (χ0n) is 17.9. The van der Waals surface area contributed by atoms with E-state index in [4.69, 9.17) is 23.2 Å². The van der Waals surface area contributed by atoms with E-state index in [0.29, 0.717) is 16.6 Å². The standard InChI is InChI=1S/C24H24Cl2FN5/c1-13(22-19(25)3-4-20(27)23(22)26)21-14(2)31-24-18(21)9-15(10-29-24)16-11-30-32(12-16)17-5-7-28-8-6-17/h3-4,9-13,17,28H,5-8H2,1-2H3,(H,29,31). The number of aromatic amines is 1. The van der Waals surface area contributed by atoms with Gasteiger partial charge in [-0.1, -0.05) is 30.1 Å². The minimum absolute atomic E-state index is 0.0612. The fourth-order valence-corrected chi connectivity index (χ4v) is 5.47. The van der Waals surface area contributed by atoms with E-state index >= 15 is 0 Å². The van der Waals surface area contributed by atoms with Gasteiger partial charge in [-0.05, 0) is 62.2 Å². The van der Waals surface area contributed by atoms with Crippen molar-refractivity contribution in [3.8, 4) is 11.1 Å². The SMILES string of the molecule is Cc1[nH]c2ncc(-c3cnn(C4CCNCC4)c3)cc2c1C(C)c1c(Cl)ccc(F)c1Cl. The zero-order chi connectivity index (χ0) is 22.4. The Morgan fingerprint density at radius 2 is 1.91 bits per heavy atom. The van der Waals surface area contributed by atoms with Crippen molar-refractivity contribution in [2.24, 2.45) is 0 Å². The molecule has 2 N–H and O–H groups in total. The van der Waals surface area contributed by atoms with Crippen LogP contribution in [0.25, 0.3) is 22.2 Å². The van der Waals surface area contributed by atoms with E-state index in [2.05, 4.69) is 37.3 Å². The lowest BCUT2D eigenvalue weighted by atomic mass is 9.90. The van der Waals surface area contributed by atoms with Crippen LogP contribution in [0, 0.1) is 12.7 Å². The molecule has 5 nitrogen and oxygen atoms in total. The molecule has 4 aromatic rings. The molecule has 3 aromatic heterocycles. The van der Waals surface area contributed by atoms with E-state index in [1.165, 1.54) is 6.07 Å². The highest BCUT2D eigenvalue weighted by atomic mass is 35.5. The highest BCUT2D eigenvalue weighted by molar-refractivity contribution is 6.36. The lowest BCUT2D eigenvalue weighted by Crippen LogP contribution is -2.29. The van der Waals surface area contributed by atoms with Gasteiger partial charge in [0.2, 0.25) is 0 Å². The Bertz CT molecular complexity index is 1290. The molecule has 1 unspecified atom stereocenters. The number of piperidine rings is 1. The number of fused-ring (bicyclic) bond motifs is 1. The number of H-pyrrole nitrogens is 1. The van der Waals surface area contributed by atoms with Crippen molar-refractivity contribution in [2.75, 3.05) is 13.1 Å². The summed E-state index contributed by atoms with van der Waals surface area (Å²) in [5.41, 5.74) is 5.34. The van der Waals surface area contributed by atoms with E-state index in [1.54, 1.807) is 6.07 Å². The first kappa shape index (κ1) is 21.4. The van der Waals surface area contributed by atoms with E-state index in [-0.39, 0.29) is 10.9 Å². The molecule has 0 aliphatic carbocycles. The van der Waals surface area contributed by atoms with Gasteiger partial charge in [0.1, 0.15) is 11.5 Å². The van der Waals surface area contributed by atoms with E-state index in [0.717, 1.165) is 59.3 Å². The minimum Gasteiger partial charge on any atom is -0.343 e. The first-order valence-corrected chi connectivity index (χ1v) is 11.6. The summed E-state index contributed by atoms with van der Waals surface area (Å²) in [6.07, 6.45) is 8.01. The molecule has 5 rings (SSSR count). The third kappa shape index (κ3) is 3.70. The van der Waals surface area contributed by atoms with Crippen molar-refractivity contribution in [3.63, 3.8) is 0 Å². The Balaban J connectivity index is 1.56. The number of halogens is 3. The molecule has 8 heteroatoms. The Morgan fingerprint density at radius 3 is 2.69 bits per heavy atom. The average molecular weight is 472 g/mol. The Kier molecular flexibility index (Phi) is 5.70. The number of benzene rings is 1. The first-order valence-electron chi connectivity index (χ1n) is 10.8. The van der Waals surface area contributed by atoms with Crippen molar-refractivity contribution in [3.05, 3.63) is 69.5 Å². The summed E-state index contributed by atoms with van der Waals surface area (Å²) in [6.45, 7) is 6.01. The van der Waals surface area contributed by atoms with Crippen LogP contribution >= 0.6 is 23.2 Å². The topological polar surface area (TPSA) is 58.5 Å². The van der Waals surface area contributed by atoms with Gasteiger partial charge in [-0.25, -0.2) is 9.37 Å². The molecule has 0 saturated carbocycles. The van der Waals surface area contributed by atoms with Gasteiger partial charge in [-0.15, -0.1) is 0 Å². The van der Waals surface area contributed by atoms with Crippen molar-refractivity contribution in [1.82, 2.24) is 25.1 Å². The van der Waals surface area contributed by atoms with Crippen LogP contribution in [0.1, 0.15) is 48.5 Å². The van der Waals surface area contributed by atoms with Crippen LogP contribution in [-0.4, -0.2) is 32.8 Å². The third-order valence-corrected chi connectivity index (χ3v) is 7.16. The predicted molar refractivity (Wildman–Crippen MR) is 127 cm³/mol. The summed E-state index contributed by atoms with van der Waals surface area (Å²) in [6, 6.07) is 5.38. The summed E-state index contributed by atoms with van der Waals surface area (Å²) in [5, 5.41) is 9.49. The lowest BCUT2D eigenvalue weighted by molar-refractivity contribution is 0.343. The molecule has 1 fully saturated rings. The number of hydrogen-bond donors (Lipinski definition) is 2. The fourth-order valence-electron chi connectivity index (χ4n) is 4.77. The molecular formula is C24H24Cl2FN5. The summed E-state index contributed by atoms with van der Waals surface area (Å²) >= 11 is 12.7. The lowest BCUT2D eigenvalue weighted by Gasteiger charge is -2.22. The first-order chi connectivity index (χ1) is 15.4. The van der Waals surface area contributed by atoms with Crippen LogP contribution in [0.2, 0.25) is 10.0 Å².